The number of carbonyl (C=O) groups is 1. The summed E-state index contributed by atoms with van der Waals surface area (Å²) in [5.41, 5.74) is 3.48. The third-order valence-electron chi connectivity index (χ3n) is 4.75. The van der Waals surface area contributed by atoms with Crippen LogP contribution in [0.1, 0.15) is 38.8 Å². The van der Waals surface area contributed by atoms with Gasteiger partial charge < -0.3 is 19.4 Å². The first-order valence-electron chi connectivity index (χ1n) is 9.96. The quantitative estimate of drug-likeness (QED) is 0.659. The Balaban J connectivity index is 2.02. The van der Waals surface area contributed by atoms with Gasteiger partial charge in [0.05, 0.1) is 18.7 Å². The average Bonchev–Trinajstić information content (AvgIpc) is 3.14. The number of ether oxygens (including phenoxy) is 1. The van der Waals surface area contributed by atoms with Gasteiger partial charge in [0.25, 0.3) is 5.89 Å². The highest BCUT2D eigenvalue weighted by atomic mass is 16.5. The minimum Gasteiger partial charge on any atom is -0.494 e. The van der Waals surface area contributed by atoms with Crippen LogP contribution in [-0.4, -0.2) is 53.2 Å². The van der Waals surface area contributed by atoms with Gasteiger partial charge in [-0.1, -0.05) is 25.9 Å². The summed E-state index contributed by atoms with van der Waals surface area (Å²) in [5, 5.41) is 12.0. The molecular formula is C22H29N5O3. The van der Waals surface area contributed by atoms with Crippen LogP contribution in [0.4, 0.5) is 6.01 Å². The standard InChI is InChI=1S/C22H29N5O3/c1-8-29-14-10-15-13(2)9-17(24-19(15)16(11-14)22(3,4)5)20-25-26-21(30-20)23-12-18(28)27(6)7/h9-11H,8,12H2,1-7H3,(H,23,26). The van der Waals surface area contributed by atoms with Crippen LogP contribution in [0.2, 0.25) is 0 Å². The minimum atomic E-state index is -0.127. The number of hydrogen-bond acceptors (Lipinski definition) is 7. The van der Waals surface area contributed by atoms with E-state index >= 15 is 0 Å². The molecule has 0 bridgehead atoms. The van der Waals surface area contributed by atoms with Crippen LogP contribution < -0.4 is 10.1 Å². The lowest BCUT2D eigenvalue weighted by Crippen LogP contribution is -2.28. The topological polar surface area (TPSA) is 93.4 Å². The zero-order valence-corrected chi connectivity index (χ0v) is 18.7. The van der Waals surface area contributed by atoms with Crippen LogP contribution in [0.3, 0.4) is 0 Å². The van der Waals surface area contributed by atoms with Crippen LogP contribution in [0.5, 0.6) is 5.75 Å². The van der Waals surface area contributed by atoms with E-state index in [0.717, 1.165) is 27.8 Å². The number of aryl methyl sites for hydroxylation is 1. The van der Waals surface area contributed by atoms with E-state index in [1.165, 1.54) is 4.90 Å². The zero-order valence-electron chi connectivity index (χ0n) is 18.7. The molecule has 1 amide bonds. The molecule has 0 radical (unpaired) electrons. The Morgan fingerprint density at radius 2 is 1.93 bits per heavy atom. The number of benzene rings is 1. The Kier molecular flexibility index (Phi) is 5.96. The number of amides is 1. The van der Waals surface area contributed by atoms with Gasteiger partial charge in [-0.2, -0.15) is 0 Å². The molecule has 0 aliphatic rings. The van der Waals surface area contributed by atoms with Crippen molar-refractivity contribution < 1.29 is 13.9 Å². The lowest BCUT2D eigenvalue weighted by atomic mass is 9.84. The van der Waals surface area contributed by atoms with Gasteiger partial charge in [-0.25, -0.2) is 4.98 Å². The number of nitrogens with zero attached hydrogens (tertiary/aromatic N) is 4. The van der Waals surface area contributed by atoms with Gasteiger partial charge >= 0.3 is 6.01 Å². The maximum atomic E-state index is 11.7. The van der Waals surface area contributed by atoms with Crippen molar-refractivity contribution in [2.45, 2.75) is 40.0 Å². The molecule has 2 aromatic heterocycles. The van der Waals surface area contributed by atoms with Crippen molar-refractivity contribution in [3.05, 3.63) is 29.3 Å². The summed E-state index contributed by atoms with van der Waals surface area (Å²) in [7, 11) is 3.38. The lowest BCUT2D eigenvalue weighted by molar-refractivity contribution is -0.126. The number of fused-ring (bicyclic) bond motifs is 1. The fourth-order valence-corrected chi connectivity index (χ4v) is 3.10. The average molecular weight is 412 g/mol. The van der Waals surface area contributed by atoms with Crippen molar-refractivity contribution in [1.82, 2.24) is 20.1 Å². The molecule has 0 unspecified atom stereocenters. The molecule has 1 N–H and O–H groups in total. The second-order valence-corrected chi connectivity index (χ2v) is 8.43. The monoisotopic (exact) mass is 411 g/mol. The molecule has 160 valence electrons. The van der Waals surface area contributed by atoms with Crippen molar-refractivity contribution in [3.8, 4) is 17.3 Å². The first kappa shape index (κ1) is 21.5. The molecule has 0 saturated carbocycles. The smallest absolute Gasteiger partial charge is 0.316 e. The summed E-state index contributed by atoms with van der Waals surface area (Å²) >= 11 is 0. The largest absolute Gasteiger partial charge is 0.494 e. The van der Waals surface area contributed by atoms with E-state index in [2.05, 4.69) is 42.4 Å². The molecule has 0 saturated heterocycles. The molecular weight excluding hydrogens is 382 g/mol. The number of nitrogens with one attached hydrogen (secondary N) is 1. The van der Waals surface area contributed by atoms with Crippen LogP contribution in [0, 0.1) is 6.92 Å². The van der Waals surface area contributed by atoms with Crippen molar-refractivity contribution in [3.63, 3.8) is 0 Å². The van der Waals surface area contributed by atoms with Gasteiger partial charge in [-0.3, -0.25) is 4.79 Å². The van der Waals surface area contributed by atoms with Gasteiger partial charge in [-0.05, 0) is 48.6 Å². The van der Waals surface area contributed by atoms with E-state index in [0.29, 0.717) is 18.2 Å². The van der Waals surface area contributed by atoms with E-state index < -0.39 is 0 Å². The fraction of sp³-hybridized carbons (Fsp3) is 0.455. The Hall–Kier alpha value is -3.16. The summed E-state index contributed by atoms with van der Waals surface area (Å²) in [5.74, 6) is 1.05. The second kappa shape index (κ2) is 8.30. The molecule has 30 heavy (non-hydrogen) atoms. The van der Waals surface area contributed by atoms with Gasteiger partial charge in [0.15, 0.2) is 0 Å². The number of likely N-dealkylation sites (N-methyl/N-ethyl adjacent to an activating group) is 1. The third-order valence-corrected chi connectivity index (χ3v) is 4.75. The molecule has 2 heterocycles. The summed E-state index contributed by atoms with van der Waals surface area (Å²) in [4.78, 5) is 18.1. The number of aromatic nitrogens is 3. The molecule has 0 spiro atoms. The molecule has 0 aliphatic carbocycles. The van der Waals surface area contributed by atoms with Crippen LogP contribution in [-0.2, 0) is 10.2 Å². The number of pyridine rings is 1. The summed E-state index contributed by atoms with van der Waals surface area (Å²) in [6.45, 7) is 11.1. The molecule has 1 aromatic carbocycles. The van der Waals surface area contributed by atoms with Crippen molar-refractivity contribution >= 4 is 22.8 Å². The van der Waals surface area contributed by atoms with Crippen molar-refractivity contribution in [2.75, 3.05) is 32.6 Å². The van der Waals surface area contributed by atoms with Gasteiger partial charge in [0.1, 0.15) is 11.4 Å². The van der Waals surface area contributed by atoms with E-state index in [1.54, 1.807) is 14.1 Å². The predicted molar refractivity (Wildman–Crippen MR) is 117 cm³/mol. The number of carbonyl (C=O) groups excluding carboxylic acids is 1. The Morgan fingerprint density at radius 3 is 2.57 bits per heavy atom. The molecule has 8 heteroatoms. The van der Waals surface area contributed by atoms with Gasteiger partial charge in [0, 0.05) is 19.5 Å². The summed E-state index contributed by atoms with van der Waals surface area (Å²) < 4.78 is 11.5. The predicted octanol–water partition coefficient (Wildman–Crippen LogP) is 3.79. The molecule has 3 rings (SSSR count). The van der Waals surface area contributed by atoms with Crippen LogP contribution in [0.25, 0.3) is 22.5 Å². The maximum absolute atomic E-state index is 11.7. The van der Waals surface area contributed by atoms with Crippen molar-refractivity contribution in [1.29, 1.82) is 0 Å². The number of anilines is 1. The maximum Gasteiger partial charge on any atom is 0.316 e. The molecule has 8 nitrogen and oxygen atoms in total. The first-order chi connectivity index (χ1) is 14.1. The van der Waals surface area contributed by atoms with E-state index in [-0.39, 0.29) is 23.9 Å². The Bertz CT molecular complexity index is 1070. The lowest BCUT2D eigenvalue weighted by Gasteiger charge is -2.22. The molecule has 0 fully saturated rings. The molecule has 3 aromatic rings. The normalized spacial score (nSPS) is 11.6. The van der Waals surface area contributed by atoms with E-state index in [4.69, 9.17) is 14.1 Å². The fourth-order valence-electron chi connectivity index (χ4n) is 3.10. The zero-order chi connectivity index (χ0) is 22.1. The van der Waals surface area contributed by atoms with Gasteiger partial charge in [-0.15, -0.1) is 5.10 Å². The second-order valence-electron chi connectivity index (χ2n) is 8.43. The van der Waals surface area contributed by atoms with Crippen LogP contribution in [0.15, 0.2) is 22.6 Å². The van der Waals surface area contributed by atoms with Gasteiger partial charge in [0.2, 0.25) is 5.91 Å². The van der Waals surface area contributed by atoms with E-state index in [9.17, 15) is 4.79 Å². The highest BCUT2D eigenvalue weighted by Gasteiger charge is 2.22. The van der Waals surface area contributed by atoms with E-state index in [1.807, 2.05) is 26.0 Å². The highest BCUT2D eigenvalue weighted by molar-refractivity contribution is 5.89. The SMILES string of the molecule is CCOc1cc(C(C)(C)C)c2nc(-c3nnc(NCC(=O)N(C)C)o3)cc(C)c2c1. The minimum absolute atomic E-state index is 0.0766. The Morgan fingerprint density at radius 1 is 1.20 bits per heavy atom. The first-order valence-corrected chi connectivity index (χ1v) is 9.96. The number of hydrogen-bond donors (Lipinski definition) is 1. The van der Waals surface area contributed by atoms with Crippen molar-refractivity contribution in [2.24, 2.45) is 0 Å². The third kappa shape index (κ3) is 4.53. The number of rotatable bonds is 6. The summed E-state index contributed by atoms with van der Waals surface area (Å²) in [6, 6.07) is 6.18. The molecule has 0 aliphatic heterocycles. The van der Waals surface area contributed by atoms with Crippen LogP contribution >= 0.6 is 0 Å². The molecule has 0 atom stereocenters. The highest BCUT2D eigenvalue weighted by Crippen LogP contribution is 2.36. The Labute approximate surface area is 176 Å². The summed E-state index contributed by atoms with van der Waals surface area (Å²) in [6.07, 6.45) is 0.